The van der Waals surface area contributed by atoms with E-state index >= 15 is 0 Å². The third kappa shape index (κ3) is 2.34. The number of nitrogens with two attached hydrogens (primary N) is 1. The molecule has 78 valence electrons. The summed E-state index contributed by atoms with van der Waals surface area (Å²) < 4.78 is 0. The maximum absolute atomic E-state index is 10.4. The Kier molecular flexibility index (Phi) is 3.30. The van der Waals surface area contributed by atoms with Crippen molar-refractivity contribution in [3.05, 3.63) is 34.0 Å². The molecule has 0 bridgehead atoms. The fraction of sp³-hybridized carbons (Fsp3) is 0.182. The van der Waals surface area contributed by atoms with Crippen LogP contribution in [0, 0.1) is 0 Å². The lowest BCUT2D eigenvalue weighted by atomic mass is 10.3. The summed E-state index contributed by atoms with van der Waals surface area (Å²) in [6, 6.07) is 8.22. The second-order valence-corrected chi connectivity index (χ2v) is 5.44. The summed E-state index contributed by atoms with van der Waals surface area (Å²) in [6.07, 6.45) is 1.45. The molecule has 4 heteroatoms. The van der Waals surface area contributed by atoms with Gasteiger partial charge in [-0.25, -0.2) is 0 Å². The Morgan fingerprint density at radius 2 is 1.67 bits per heavy atom. The van der Waals surface area contributed by atoms with E-state index in [2.05, 4.69) is 18.2 Å². The number of rotatable bonds is 4. The van der Waals surface area contributed by atoms with Crippen LogP contribution in [0.4, 0.5) is 0 Å². The number of carbonyl (C=O) groups excluding carboxylic acids is 1. The first-order chi connectivity index (χ1) is 7.33. The van der Waals surface area contributed by atoms with Crippen LogP contribution in [0.2, 0.25) is 0 Å². The number of aldehydes is 1. The minimum atomic E-state index is 0.514. The van der Waals surface area contributed by atoms with Gasteiger partial charge in [0, 0.05) is 32.5 Å². The average molecular weight is 237 g/mol. The lowest BCUT2D eigenvalue weighted by molar-refractivity contribution is -0.107. The van der Waals surface area contributed by atoms with Gasteiger partial charge in [0.2, 0.25) is 0 Å². The molecule has 2 rings (SSSR count). The molecule has 0 saturated carbocycles. The van der Waals surface area contributed by atoms with Crippen LogP contribution in [0.25, 0.3) is 9.75 Å². The van der Waals surface area contributed by atoms with E-state index < -0.39 is 0 Å². The number of hydrogen-bond donors (Lipinski definition) is 1. The van der Waals surface area contributed by atoms with Gasteiger partial charge in [-0.1, -0.05) is 0 Å². The summed E-state index contributed by atoms with van der Waals surface area (Å²) in [5, 5.41) is 0. The molecule has 0 radical (unpaired) electrons. The second kappa shape index (κ2) is 4.70. The number of hydrogen-bond acceptors (Lipinski definition) is 4. The van der Waals surface area contributed by atoms with Gasteiger partial charge >= 0.3 is 0 Å². The van der Waals surface area contributed by atoms with Gasteiger partial charge in [0.15, 0.2) is 0 Å². The third-order valence-electron chi connectivity index (χ3n) is 2.05. The highest BCUT2D eigenvalue weighted by Crippen LogP contribution is 2.33. The summed E-state index contributed by atoms with van der Waals surface area (Å²) in [6.45, 7) is 0.594. The van der Waals surface area contributed by atoms with Crippen molar-refractivity contribution >= 4 is 29.0 Å². The van der Waals surface area contributed by atoms with E-state index in [0.29, 0.717) is 13.0 Å². The van der Waals surface area contributed by atoms with Crippen molar-refractivity contribution in [2.75, 3.05) is 0 Å². The van der Waals surface area contributed by atoms with Crippen molar-refractivity contribution in [1.29, 1.82) is 0 Å². The fourth-order valence-corrected chi connectivity index (χ4v) is 3.25. The average Bonchev–Trinajstić information content (AvgIpc) is 2.85. The number of carbonyl (C=O) groups is 1. The highest BCUT2D eigenvalue weighted by Gasteiger charge is 2.05. The molecule has 15 heavy (non-hydrogen) atoms. The summed E-state index contributed by atoms with van der Waals surface area (Å²) >= 11 is 3.39. The highest BCUT2D eigenvalue weighted by atomic mass is 32.1. The Hall–Kier alpha value is -0.970. The maximum Gasteiger partial charge on any atom is 0.125 e. The van der Waals surface area contributed by atoms with Crippen LogP contribution in [0.5, 0.6) is 0 Å². The molecular formula is C11H11NOS2. The van der Waals surface area contributed by atoms with Crippen LogP contribution >= 0.6 is 22.7 Å². The zero-order chi connectivity index (χ0) is 10.7. The van der Waals surface area contributed by atoms with E-state index in [9.17, 15) is 4.79 Å². The molecule has 0 aliphatic rings. The third-order valence-corrected chi connectivity index (χ3v) is 4.46. The Labute approximate surface area is 96.4 Å². The van der Waals surface area contributed by atoms with Crippen LogP contribution in [-0.2, 0) is 17.8 Å². The molecule has 0 amide bonds. The Bertz CT molecular complexity index is 459. The van der Waals surface area contributed by atoms with E-state index in [0.717, 1.165) is 11.2 Å². The van der Waals surface area contributed by atoms with Crippen molar-refractivity contribution in [2.45, 2.75) is 13.0 Å². The van der Waals surface area contributed by atoms with Crippen molar-refractivity contribution in [3.8, 4) is 9.75 Å². The van der Waals surface area contributed by atoms with Gasteiger partial charge in [0.1, 0.15) is 6.29 Å². The summed E-state index contributed by atoms with van der Waals surface area (Å²) in [5.74, 6) is 0. The molecule has 2 heterocycles. The largest absolute Gasteiger partial charge is 0.326 e. The molecule has 2 aromatic heterocycles. The molecule has 0 unspecified atom stereocenters. The van der Waals surface area contributed by atoms with Gasteiger partial charge in [0.25, 0.3) is 0 Å². The minimum absolute atomic E-state index is 0.514. The van der Waals surface area contributed by atoms with E-state index in [1.807, 2.05) is 6.07 Å². The second-order valence-electron chi connectivity index (χ2n) is 3.11. The van der Waals surface area contributed by atoms with Gasteiger partial charge in [-0.05, 0) is 24.3 Å². The van der Waals surface area contributed by atoms with Crippen molar-refractivity contribution in [2.24, 2.45) is 5.73 Å². The first kappa shape index (κ1) is 10.5. The Balaban J connectivity index is 2.24. The van der Waals surface area contributed by atoms with Gasteiger partial charge in [-0.15, -0.1) is 22.7 Å². The first-order valence-electron chi connectivity index (χ1n) is 4.65. The highest BCUT2D eigenvalue weighted by molar-refractivity contribution is 7.22. The Morgan fingerprint density at radius 3 is 2.20 bits per heavy atom. The van der Waals surface area contributed by atoms with Crippen LogP contribution in [-0.4, -0.2) is 6.29 Å². The molecule has 0 aliphatic heterocycles. The minimum Gasteiger partial charge on any atom is -0.326 e. The van der Waals surface area contributed by atoms with E-state index in [1.54, 1.807) is 22.7 Å². The normalized spacial score (nSPS) is 10.5. The monoisotopic (exact) mass is 237 g/mol. The van der Waals surface area contributed by atoms with Gasteiger partial charge in [-0.3, -0.25) is 0 Å². The lowest BCUT2D eigenvalue weighted by Crippen LogP contribution is -1.90. The molecule has 0 aromatic carbocycles. The summed E-state index contributed by atoms with van der Waals surface area (Å²) in [5.41, 5.74) is 5.56. The lowest BCUT2D eigenvalue weighted by Gasteiger charge is -1.89. The summed E-state index contributed by atoms with van der Waals surface area (Å²) in [7, 11) is 0. The molecule has 0 atom stereocenters. The van der Waals surface area contributed by atoms with Crippen molar-refractivity contribution < 1.29 is 4.79 Å². The molecule has 0 saturated heterocycles. The molecule has 0 spiro atoms. The van der Waals surface area contributed by atoms with E-state index in [1.165, 1.54) is 14.6 Å². The first-order valence-corrected chi connectivity index (χ1v) is 6.28. The van der Waals surface area contributed by atoms with Crippen LogP contribution in [0.1, 0.15) is 9.75 Å². The zero-order valence-corrected chi connectivity index (χ0v) is 9.74. The number of thiophene rings is 2. The van der Waals surface area contributed by atoms with E-state index in [-0.39, 0.29) is 0 Å². The summed E-state index contributed by atoms with van der Waals surface area (Å²) in [4.78, 5) is 15.1. The van der Waals surface area contributed by atoms with Crippen LogP contribution < -0.4 is 5.73 Å². The van der Waals surface area contributed by atoms with Crippen LogP contribution in [0.3, 0.4) is 0 Å². The topological polar surface area (TPSA) is 43.1 Å². The zero-order valence-electron chi connectivity index (χ0n) is 8.10. The maximum atomic E-state index is 10.4. The van der Waals surface area contributed by atoms with Crippen molar-refractivity contribution in [3.63, 3.8) is 0 Å². The smallest absolute Gasteiger partial charge is 0.125 e. The standard InChI is InChI=1S/C11H11NOS2/c12-7-9-2-4-11(15-9)10-3-1-8(14-10)5-6-13/h1-4,6H,5,7,12H2. The fourth-order valence-electron chi connectivity index (χ4n) is 1.32. The molecule has 2 aromatic rings. The predicted molar refractivity (Wildman–Crippen MR) is 65.3 cm³/mol. The van der Waals surface area contributed by atoms with Crippen LogP contribution in [0.15, 0.2) is 24.3 Å². The predicted octanol–water partition coefficient (Wildman–Crippen LogP) is 2.68. The molecule has 0 fully saturated rings. The molecular weight excluding hydrogens is 226 g/mol. The van der Waals surface area contributed by atoms with Gasteiger partial charge in [0.05, 0.1) is 0 Å². The molecule has 0 aliphatic carbocycles. The molecule has 2 N–H and O–H groups in total. The van der Waals surface area contributed by atoms with Crippen molar-refractivity contribution in [1.82, 2.24) is 0 Å². The SMILES string of the molecule is NCc1ccc(-c2ccc(CC=O)s2)s1. The Morgan fingerprint density at radius 1 is 1.07 bits per heavy atom. The quantitative estimate of drug-likeness (QED) is 0.831. The van der Waals surface area contributed by atoms with Gasteiger partial charge < -0.3 is 10.5 Å². The van der Waals surface area contributed by atoms with Gasteiger partial charge in [-0.2, -0.15) is 0 Å². The molecule has 2 nitrogen and oxygen atoms in total. The van der Waals surface area contributed by atoms with E-state index in [4.69, 9.17) is 5.73 Å².